The van der Waals surface area contributed by atoms with Gasteiger partial charge in [-0.25, -0.2) is 9.97 Å². The molecule has 0 unspecified atom stereocenters. The van der Waals surface area contributed by atoms with Crippen molar-refractivity contribution in [3.63, 3.8) is 0 Å². The van der Waals surface area contributed by atoms with Gasteiger partial charge in [0, 0.05) is 17.3 Å². The van der Waals surface area contributed by atoms with Gasteiger partial charge in [0.15, 0.2) is 5.11 Å². The number of hydrogen-bond acceptors (Lipinski definition) is 4. The Kier molecular flexibility index (Phi) is 6.34. The molecule has 0 amide bonds. The molecule has 0 atom stereocenters. The minimum absolute atomic E-state index is 0.357. The van der Waals surface area contributed by atoms with E-state index in [1.165, 1.54) is 6.07 Å². The van der Waals surface area contributed by atoms with Gasteiger partial charge >= 0.3 is 6.18 Å². The summed E-state index contributed by atoms with van der Waals surface area (Å²) in [4.78, 5) is 8.47. The van der Waals surface area contributed by atoms with Crippen molar-refractivity contribution in [2.75, 3.05) is 5.32 Å². The van der Waals surface area contributed by atoms with Crippen LogP contribution in [0.1, 0.15) is 22.3 Å². The average molecular weight is 519 g/mol. The van der Waals surface area contributed by atoms with Crippen molar-refractivity contribution in [3.05, 3.63) is 95.4 Å². The number of nitrogens with one attached hydrogen (secondary N) is 2. The second-order valence-electron chi connectivity index (χ2n) is 8.52. The Hall–Kier alpha value is -4.31. The Morgan fingerprint density at radius 1 is 1.00 bits per heavy atom. The van der Waals surface area contributed by atoms with E-state index in [0.717, 1.165) is 56.4 Å². The second-order valence-corrected chi connectivity index (χ2v) is 8.93. The van der Waals surface area contributed by atoms with Gasteiger partial charge in [0.1, 0.15) is 12.1 Å². The zero-order chi connectivity index (χ0) is 26.2. The van der Waals surface area contributed by atoms with Gasteiger partial charge in [-0.1, -0.05) is 36.4 Å². The van der Waals surface area contributed by atoms with Crippen LogP contribution in [0.25, 0.3) is 27.6 Å². The van der Waals surface area contributed by atoms with Crippen molar-refractivity contribution in [2.24, 2.45) is 5.10 Å². The summed E-state index contributed by atoms with van der Waals surface area (Å²) < 4.78 is 40.3. The topological polar surface area (TPSA) is 67.1 Å². The van der Waals surface area contributed by atoms with E-state index in [-0.39, 0.29) is 0 Å². The van der Waals surface area contributed by atoms with Gasteiger partial charge in [0.2, 0.25) is 0 Å². The Morgan fingerprint density at radius 2 is 1.78 bits per heavy atom. The lowest BCUT2D eigenvalue weighted by Crippen LogP contribution is -2.24. The summed E-state index contributed by atoms with van der Waals surface area (Å²) in [5.41, 5.74) is 7.50. The van der Waals surface area contributed by atoms with Crippen LogP contribution in [0, 0.1) is 13.8 Å². The number of aromatic nitrogens is 3. The zero-order valence-corrected chi connectivity index (χ0v) is 20.7. The molecule has 0 radical (unpaired) electrons. The van der Waals surface area contributed by atoms with E-state index in [2.05, 4.69) is 25.8 Å². The molecule has 5 rings (SSSR count). The summed E-state index contributed by atoms with van der Waals surface area (Å²) >= 11 is 5.36. The van der Waals surface area contributed by atoms with Gasteiger partial charge < -0.3 is 5.32 Å². The molecule has 2 heterocycles. The first-order valence-corrected chi connectivity index (χ1v) is 11.7. The van der Waals surface area contributed by atoms with Crippen molar-refractivity contribution < 1.29 is 13.2 Å². The Balaban J connectivity index is 1.34. The fourth-order valence-corrected chi connectivity index (χ4v) is 4.26. The number of aryl methyl sites for hydroxylation is 2. The number of benzene rings is 3. The lowest BCUT2D eigenvalue weighted by atomic mass is 10.1. The van der Waals surface area contributed by atoms with Crippen molar-refractivity contribution in [3.8, 4) is 5.82 Å². The Labute approximate surface area is 215 Å². The minimum atomic E-state index is -4.43. The predicted molar refractivity (Wildman–Crippen MR) is 144 cm³/mol. The van der Waals surface area contributed by atoms with E-state index in [9.17, 15) is 13.2 Å². The molecule has 37 heavy (non-hydrogen) atoms. The first-order chi connectivity index (χ1) is 17.7. The molecule has 0 saturated carbocycles. The highest BCUT2D eigenvalue weighted by molar-refractivity contribution is 7.80. The number of rotatable bonds is 4. The van der Waals surface area contributed by atoms with Crippen molar-refractivity contribution >= 4 is 51.0 Å². The fraction of sp³-hybridized carbons (Fsp3) is 0.111. The number of fused-ring (bicyclic) bond motifs is 3. The van der Waals surface area contributed by atoms with Crippen LogP contribution in [0.3, 0.4) is 0 Å². The number of nitrogens with zero attached hydrogens (tertiary/aromatic N) is 4. The Morgan fingerprint density at radius 3 is 2.49 bits per heavy atom. The quantitative estimate of drug-likeness (QED) is 0.161. The number of halogens is 3. The second kappa shape index (κ2) is 9.62. The zero-order valence-electron chi connectivity index (χ0n) is 19.8. The average Bonchev–Trinajstić information content (AvgIpc) is 3.30. The van der Waals surface area contributed by atoms with Crippen LogP contribution < -0.4 is 10.7 Å². The van der Waals surface area contributed by atoms with Crippen LogP contribution in [0.15, 0.2) is 78.3 Å². The fourth-order valence-electron chi connectivity index (χ4n) is 4.11. The molecule has 0 aliphatic carbocycles. The number of thiocarbonyl (C=S) groups is 1. The summed E-state index contributed by atoms with van der Waals surface area (Å²) in [6.07, 6.45) is -0.377. The highest BCUT2D eigenvalue weighted by Crippen LogP contribution is 2.30. The van der Waals surface area contributed by atoms with Crippen molar-refractivity contribution in [2.45, 2.75) is 20.0 Å². The van der Waals surface area contributed by atoms with Gasteiger partial charge in [-0.05, 0) is 72.4 Å². The van der Waals surface area contributed by atoms with Gasteiger partial charge in [-0.15, -0.1) is 0 Å². The lowest BCUT2D eigenvalue weighted by Gasteiger charge is -2.12. The number of para-hydroxylation sites is 1. The number of anilines is 1. The largest absolute Gasteiger partial charge is 0.417 e. The standard InChI is InChI=1S/C27H21F3N6S/c1-16-4-3-5-17(2)24(16)34-26(37)35-33-13-18-6-9-21-19(12-18)7-10-22-25(21)32-15-36(22)23-11-8-20(14-31-23)27(28,29)30/h3-15H,1-2H3,(H2,34,35,37). The molecule has 10 heteroatoms. The van der Waals surface area contributed by atoms with E-state index in [1.54, 1.807) is 17.1 Å². The van der Waals surface area contributed by atoms with Crippen molar-refractivity contribution in [1.29, 1.82) is 0 Å². The number of hydrazone groups is 1. The third kappa shape index (κ3) is 5.01. The first-order valence-electron chi connectivity index (χ1n) is 11.3. The summed E-state index contributed by atoms with van der Waals surface area (Å²) in [6, 6.07) is 18.0. The molecular formula is C27H21F3N6S. The van der Waals surface area contributed by atoms with Crippen LogP contribution in [-0.2, 0) is 6.18 Å². The van der Waals surface area contributed by atoms with E-state index in [0.29, 0.717) is 10.9 Å². The normalized spacial score (nSPS) is 11.9. The Bertz CT molecular complexity index is 1640. The molecule has 6 nitrogen and oxygen atoms in total. The van der Waals surface area contributed by atoms with Gasteiger partial charge in [-0.3, -0.25) is 9.99 Å². The van der Waals surface area contributed by atoms with Crippen LogP contribution in [0.2, 0.25) is 0 Å². The van der Waals surface area contributed by atoms with Crippen LogP contribution in [0.5, 0.6) is 0 Å². The van der Waals surface area contributed by atoms with E-state index >= 15 is 0 Å². The summed E-state index contributed by atoms with van der Waals surface area (Å²) in [6.45, 7) is 4.02. The highest BCUT2D eigenvalue weighted by atomic mass is 32.1. The summed E-state index contributed by atoms with van der Waals surface area (Å²) in [5.74, 6) is 0.357. The maximum absolute atomic E-state index is 12.9. The minimum Gasteiger partial charge on any atom is -0.331 e. The number of alkyl halides is 3. The van der Waals surface area contributed by atoms with Crippen LogP contribution >= 0.6 is 12.2 Å². The summed E-state index contributed by atoms with van der Waals surface area (Å²) in [5, 5.41) is 9.66. The maximum atomic E-state index is 12.9. The number of pyridine rings is 1. The maximum Gasteiger partial charge on any atom is 0.417 e. The molecule has 0 fully saturated rings. The van der Waals surface area contributed by atoms with Gasteiger partial charge in [0.05, 0.1) is 22.8 Å². The van der Waals surface area contributed by atoms with E-state index in [4.69, 9.17) is 12.2 Å². The summed E-state index contributed by atoms with van der Waals surface area (Å²) in [7, 11) is 0. The van der Waals surface area contributed by atoms with Gasteiger partial charge in [0.25, 0.3) is 0 Å². The third-order valence-electron chi connectivity index (χ3n) is 5.98. The SMILES string of the molecule is Cc1cccc(C)c1NC(=S)NN=Cc1ccc2c(ccc3c2ncn3-c2ccc(C(F)(F)F)cn2)c1. The molecule has 0 aliphatic rings. The molecule has 5 aromatic rings. The van der Waals surface area contributed by atoms with Gasteiger partial charge in [-0.2, -0.15) is 18.3 Å². The highest BCUT2D eigenvalue weighted by Gasteiger charge is 2.30. The molecule has 0 saturated heterocycles. The molecule has 186 valence electrons. The molecular weight excluding hydrogens is 497 g/mol. The van der Waals surface area contributed by atoms with Crippen LogP contribution in [0.4, 0.5) is 18.9 Å². The first kappa shape index (κ1) is 24.4. The predicted octanol–water partition coefficient (Wildman–Crippen LogP) is 6.53. The molecule has 2 aromatic heterocycles. The number of hydrogen-bond donors (Lipinski definition) is 2. The lowest BCUT2D eigenvalue weighted by molar-refractivity contribution is -0.137. The van der Waals surface area contributed by atoms with Crippen LogP contribution in [-0.4, -0.2) is 25.9 Å². The smallest absolute Gasteiger partial charge is 0.331 e. The van der Waals surface area contributed by atoms with E-state index < -0.39 is 11.7 Å². The number of imidazole rings is 1. The molecule has 0 spiro atoms. The molecule has 0 aliphatic heterocycles. The molecule has 0 bridgehead atoms. The van der Waals surface area contributed by atoms with Crippen molar-refractivity contribution in [1.82, 2.24) is 20.0 Å². The molecule has 2 N–H and O–H groups in total. The monoisotopic (exact) mass is 518 g/mol. The third-order valence-corrected chi connectivity index (χ3v) is 6.17. The molecule has 3 aromatic carbocycles. The van der Waals surface area contributed by atoms with E-state index in [1.807, 2.05) is 62.4 Å².